The number of nitrogens with zero attached hydrogens (tertiary/aromatic N) is 1. The van der Waals surface area contributed by atoms with Crippen molar-refractivity contribution in [2.75, 3.05) is 6.61 Å². The molecule has 0 bridgehead atoms. The molecule has 0 spiro atoms. The van der Waals surface area contributed by atoms with Crippen LogP contribution in [0.25, 0.3) is 0 Å². The van der Waals surface area contributed by atoms with Gasteiger partial charge in [-0.25, -0.2) is 4.79 Å². The van der Waals surface area contributed by atoms with Gasteiger partial charge in [-0.3, -0.25) is 14.3 Å². The van der Waals surface area contributed by atoms with E-state index in [1.165, 1.54) is 0 Å². The maximum atomic E-state index is 13.0. The number of ether oxygens (including phenoxy) is 1. The Morgan fingerprint density at radius 3 is 2.68 bits per heavy atom. The van der Waals surface area contributed by atoms with Gasteiger partial charge in [0.05, 0.1) is 12.8 Å². The van der Waals surface area contributed by atoms with Gasteiger partial charge >= 0.3 is 5.69 Å². The van der Waals surface area contributed by atoms with E-state index < -0.39 is 17.1 Å². The molecule has 5 nitrogen and oxygen atoms in total. The third kappa shape index (κ3) is 3.62. The summed E-state index contributed by atoms with van der Waals surface area (Å²) in [6.07, 6.45) is 1.53. The molecule has 0 aliphatic heterocycles. The Balaban J connectivity index is 1.88. The second-order valence-corrected chi connectivity index (χ2v) is 3.98. The van der Waals surface area contributed by atoms with Gasteiger partial charge in [0.15, 0.2) is 0 Å². The first-order valence-electron chi connectivity index (χ1n) is 5.78. The largest absolute Gasteiger partial charge is 0.360 e. The first-order chi connectivity index (χ1) is 9.16. The molecule has 1 aromatic heterocycles. The zero-order valence-corrected chi connectivity index (χ0v) is 10.1. The lowest BCUT2D eigenvalue weighted by Crippen LogP contribution is -2.32. The van der Waals surface area contributed by atoms with E-state index in [2.05, 4.69) is 0 Å². The summed E-state index contributed by atoms with van der Waals surface area (Å²) < 4.78 is 19.2. The molecule has 1 N–H and O–H groups in total. The highest BCUT2D eigenvalue weighted by atomic mass is 19.1. The van der Waals surface area contributed by atoms with Crippen molar-refractivity contribution in [1.29, 1.82) is 0 Å². The smallest absolute Gasteiger partial charge is 0.330 e. The van der Waals surface area contributed by atoms with Crippen LogP contribution in [-0.2, 0) is 17.9 Å². The molecule has 0 radical (unpaired) electrons. The number of nitrogens with one attached hydrogen (secondary N) is 1. The molecule has 19 heavy (non-hydrogen) atoms. The molecular formula is C13H13FN2O3. The third-order valence-electron chi connectivity index (χ3n) is 2.58. The Hall–Kier alpha value is -2.21. The molecule has 0 saturated carbocycles. The summed E-state index contributed by atoms with van der Waals surface area (Å²) in [7, 11) is 0. The highest BCUT2D eigenvalue weighted by molar-refractivity contribution is 5.14. The lowest BCUT2D eigenvalue weighted by molar-refractivity contribution is 0.0752. The predicted octanol–water partition coefficient (Wildman–Crippen LogP) is 0.892. The lowest BCUT2D eigenvalue weighted by atomic mass is 10.2. The quantitative estimate of drug-likeness (QED) is 0.816. The van der Waals surface area contributed by atoms with E-state index in [0.717, 1.165) is 16.3 Å². The lowest BCUT2D eigenvalue weighted by Gasteiger charge is -2.06. The Morgan fingerprint density at radius 1 is 1.21 bits per heavy atom. The normalized spacial score (nSPS) is 10.6. The number of hydrogen-bond acceptors (Lipinski definition) is 3. The van der Waals surface area contributed by atoms with E-state index in [0.29, 0.717) is 13.0 Å². The number of H-pyrrole nitrogens is 1. The van der Waals surface area contributed by atoms with E-state index in [9.17, 15) is 14.0 Å². The van der Waals surface area contributed by atoms with Gasteiger partial charge in [0.25, 0.3) is 5.56 Å². The fourth-order valence-electron chi connectivity index (χ4n) is 1.58. The molecule has 0 aliphatic carbocycles. The monoisotopic (exact) mass is 264 g/mol. The zero-order chi connectivity index (χ0) is 13.7. The maximum absolute atomic E-state index is 13.0. The number of benzene rings is 1. The Kier molecular flexibility index (Phi) is 4.25. The Morgan fingerprint density at radius 2 is 1.95 bits per heavy atom. The van der Waals surface area contributed by atoms with Gasteiger partial charge in [-0.2, -0.15) is 4.39 Å². The van der Waals surface area contributed by atoms with Crippen molar-refractivity contribution in [1.82, 2.24) is 9.55 Å². The first-order valence-corrected chi connectivity index (χ1v) is 5.78. The van der Waals surface area contributed by atoms with E-state index >= 15 is 0 Å². The number of halogens is 1. The van der Waals surface area contributed by atoms with Crippen LogP contribution >= 0.6 is 0 Å². The van der Waals surface area contributed by atoms with Crippen LogP contribution < -0.4 is 11.2 Å². The number of aromatic nitrogens is 2. The van der Waals surface area contributed by atoms with Gasteiger partial charge in [0.1, 0.15) is 6.73 Å². The summed E-state index contributed by atoms with van der Waals surface area (Å²) in [4.78, 5) is 24.0. The first kappa shape index (κ1) is 13.2. The van der Waals surface area contributed by atoms with Crippen LogP contribution in [0.15, 0.2) is 46.1 Å². The van der Waals surface area contributed by atoms with Crippen LogP contribution in [0.5, 0.6) is 0 Å². The van der Waals surface area contributed by atoms with Crippen molar-refractivity contribution in [2.45, 2.75) is 13.2 Å². The second-order valence-electron chi connectivity index (χ2n) is 3.98. The zero-order valence-electron chi connectivity index (χ0n) is 10.1. The fraction of sp³-hybridized carbons (Fsp3) is 0.231. The van der Waals surface area contributed by atoms with Crippen molar-refractivity contribution in [3.63, 3.8) is 0 Å². The summed E-state index contributed by atoms with van der Waals surface area (Å²) in [6.45, 7) is 0.302. The molecule has 0 atom stereocenters. The van der Waals surface area contributed by atoms with Crippen molar-refractivity contribution < 1.29 is 9.13 Å². The number of aromatic amines is 1. The number of rotatable bonds is 5. The van der Waals surface area contributed by atoms with E-state index in [1.807, 2.05) is 35.3 Å². The predicted molar refractivity (Wildman–Crippen MR) is 67.4 cm³/mol. The maximum Gasteiger partial charge on any atom is 0.330 e. The van der Waals surface area contributed by atoms with Gasteiger partial charge in [0.2, 0.25) is 5.82 Å². The van der Waals surface area contributed by atoms with Gasteiger partial charge < -0.3 is 4.74 Å². The third-order valence-corrected chi connectivity index (χ3v) is 2.58. The molecule has 1 heterocycles. The van der Waals surface area contributed by atoms with Gasteiger partial charge in [0, 0.05) is 0 Å². The van der Waals surface area contributed by atoms with E-state index in [4.69, 9.17) is 4.74 Å². The summed E-state index contributed by atoms with van der Waals surface area (Å²) >= 11 is 0. The number of hydrogen-bond donors (Lipinski definition) is 1. The van der Waals surface area contributed by atoms with Crippen molar-refractivity contribution in [3.05, 3.63) is 68.7 Å². The molecule has 2 rings (SSSR count). The van der Waals surface area contributed by atoms with Gasteiger partial charge in [-0.1, -0.05) is 30.3 Å². The molecule has 100 valence electrons. The molecule has 0 unspecified atom stereocenters. The second kappa shape index (κ2) is 6.10. The summed E-state index contributed by atoms with van der Waals surface area (Å²) in [5, 5.41) is 0. The van der Waals surface area contributed by atoms with E-state index in [1.54, 1.807) is 0 Å². The minimum absolute atomic E-state index is 0.0979. The summed E-state index contributed by atoms with van der Waals surface area (Å²) in [6, 6.07) is 9.71. The molecule has 0 saturated heterocycles. The van der Waals surface area contributed by atoms with Crippen molar-refractivity contribution in [3.8, 4) is 0 Å². The average molecular weight is 264 g/mol. The van der Waals surface area contributed by atoms with Gasteiger partial charge in [-0.05, 0) is 12.0 Å². The van der Waals surface area contributed by atoms with Crippen molar-refractivity contribution in [2.24, 2.45) is 0 Å². The molecule has 2 aromatic rings. The SMILES string of the molecule is O=c1[nH]c(=O)n(COCCc2ccccc2)cc1F. The average Bonchev–Trinajstić information content (AvgIpc) is 2.41. The Labute approximate surface area is 108 Å². The topological polar surface area (TPSA) is 64.1 Å². The fourth-order valence-corrected chi connectivity index (χ4v) is 1.58. The van der Waals surface area contributed by atoms with Crippen LogP contribution in [0.1, 0.15) is 5.56 Å². The molecule has 0 aliphatic rings. The Bertz CT molecular complexity index is 649. The van der Waals surface area contributed by atoms with Crippen LogP contribution in [0.3, 0.4) is 0 Å². The summed E-state index contributed by atoms with van der Waals surface area (Å²) in [5.41, 5.74) is -0.598. The van der Waals surface area contributed by atoms with Crippen LogP contribution in [0.4, 0.5) is 4.39 Å². The van der Waals surface area contributed by atoms with Crippen LogP contribution in [0, 0.1) is 5.82 Å². The van der Waals surface area contributed by atoms with Crippen LogP contribution in [0.2, 0.25) is 0 Å². The van der Waals surface area contributed by atoms with Crippen LogP contribution in [-0.4, -0.2) is 16.2 Å². The molecule has 0 fully saturated rings. The minimum atomic E-state index is -1.02. The molecular weight excluding hydrogens is 251 g/mol. The standard InChI is InChI=1S/C13H13FN2O3/c14-11-8-16(13(18)15-12(11)17)9-19-7-6-10-4-2-1-3-5-10/h1-5,8H,6-7,9H2,(H,15,17,18). The van der Waals surface area contributed by atoms with Crippen molar-refractivity contribution >= 4 is 0 Å². The van der Waals surface area contributed by atoms with Gasteiger partial charge in [-0.15, -0.1) is 0 Å². The molecule has 6 heteroatoms. The molecule has 0 amide bonds. The highest BCUT2D eigenvalue weighted by Gasteiger charge is 2.03. The minimum Gasteiger partial charge on any atom is -0.360 e. The summed E-state index contributed by atoms with van der Waals surface area (Å²) in [5.74, 6) is -1.01. The highest BCUT2D eigenvalue weighted by Crippen LogP contribution is 1.99. The van der Waals surface area contributed by atoms with E-state index in [-0.39, 0.29) is 6.73 Å². The molecule has 1 aromatic carbocycles.